The number of carbonyl (C=O) groups excluding carboxylic acids is 1. The lowest BCUT2D eigenvalue weighted by Crippen LogP contribution is -2.42. The second-order valence-corrected chi connectivity index (χ2v) is 4.67. The van der Waals surface area contributed by atoms with Gasteiger partial charge in [-0.2, -0.15) is 5.26 Å². The highest BCUT2D eigenvalue weighted by Gasteiger charge is 2.29. The molecule has 4 heteroatoms. The van der Waals surface area contributed by atoms with Gasteiger partial charge in [0.15, 0.2) is 0 Å². The number of nitrogens with zero attached hydrogens (tertiary/aromatic N) is 1. The molecular formula is C14H17N3O. The SMILES string of the molecule is N#CC1CCCC1NC(=O)C(N)c1ccccc1. The Morgan fingerprint density at radius 1 is 1.39 bits per heavy atom. The fourth-order valence-electron chi connectivity index (χ4n) is 2.37. The van der Waals surface area contributed by atoms with Crippen LogP contribution in [0.4, 0.5) is 0 Å². The van der Waals surface area contributed by atoms with Crippen LogP contribution in [0.5, 0.6) is 0 Å². The molecule has 4 nitrogen and oxygen atoms in total. The van der Waals surface area contributed by atoms with Crippen LogP contribution in [0.1, 0.15) is 30.9 Å². The first kappa shape index (κ1) is 12.6. The summed E-state index contributed by atoms with van der Waals surface area (Å²) in [5.41, 5.74) is 6.70. The Morgan fingerprint density at radius 2 is 2.11 bits per heavy atom. The zero-order chi connectivity index (χ0) is 13.0. The van der Waals surface area contributed by atoms with Crippen LogP contribution >= 0.6 is 0 Å². The summed E-state index contributed by atoms with van der Waals surface area (Å²) in [6, 6.07) is 10.8. The van der Waals surface area contributed by atoms with Crippen LogP contribution in [0.25, 0.3) is 0 Å². The van der Waals surface area contributed by atoms with Gasteiger partial charge in [0.2, 0.25) is 5.91 Å². The first-order chi connectivity index (χ1) is 8.72. The Kier molecular flexibility index (Phi) is 3.96. The maximum Gasteiger partial charge on any atom is 0.241 e. The lowest BCUT2D eigenvalue weighted by atomic mass is 10.0. The molecule has 1 amide bonds. The lowest BCUT2D eigenvalue weighted by Gasteiger charge is -2.19. The molecule has 0 spiro atoms. The van der Waals surface area contributed by atoms with Gasteiger partial charge in [-0.15, -0.1) is 0 Å². The van der Waals surface area contributed by atoms with Crippen LogP contribution in [-0.2, 0) is 4.79 Å². The number of hydrogen-bond acceptors (Lipinski definition) is 3. The Morgan fingerprint density at radius 3 is 2.78 bits per heavy atom. The van der Waals surface area contributed by atoms with E-state index in [1.54, 1.807) is 0 Å². The van der Waals surface area contributed by atoms with Crippen molar-refractivity contribution >= 4 is 5.91 Å². The van der Waals surface area contributed by atoms with Gasteiger partial charge < -0.3 is 11.1 Å². The van der Waals surface area contributed by atoms with Crippen molar-refractivity contribution in [2.45, 2.75) is 31.3 Å². The highest BCUT2D eigenvalue weighted by molar-refractivity contribution is 5.83. The summed E-state index contributed by atoms with van der Waals surface area (Å²) in [6.07, 6.45) is 2.72. The third-order valence-electron chi connectivity index (χ3n) is 3.45. The minimum absolute atomic E-state index is 0.0442. The molecule has 0 radical (unpaired) electrons. The van der Waals surface area contributed by atoms with Crippen molar-refractivity contribution < 1.29 is 4.79 Å². The van der Waals surface area contributed by atoms with Gasteiger partial charge in [-0.25, -0.2) is 0 Å². The van der Waals surface area contributed by atoms with Crippen LogP contribution in [0.15, 0.2) is 30.3 Å². The molecule has 0 saturated heterocycles. The number of carbonyl (C=O) groups is 1. The molecule has 1 fully saturated rings. The number of nitriles is 1. The number of benzene rings is 1. The quantitative estimate of drug-likeness (QED) is 0.844. The molecule has 0 aromatic heterocycles. The van der Waals surface area contributed by atoms with E-state index in [2.05, 4.69) is 11.4 Å². The summed E-state index contributed by atoms with van der Waals surface area (Å²) >= 11 is 0. The normalized spacial score (nSPS) is 24.2. The van der Waals surface area contributed by atoms with Crippen molar-refractivity contribution in [3.05, 3.63) is 35.9 Å². The van der Waals surface area contributed by atoms with Crippen molar-refractivity contribution in [1.82, 2.24) is 5.32 Å². The second kappa shape index (κ2) is 5.65. The third kappa shape index (κ3) is 2.69. The van der Waals surface area contributed by atoms with Gasteiger partial charge in [0, 0.05) is 6.04 Å². The van der Waals surface area contributed by atoms with E-state index in [9.17, 15) is 4.79 Å². The Hall–Kier alpha value is -1.86. The molecule has 1 saturated carbocycles. The maximum absolute atomic E-state index is 12.0. The zero-order valence-corrected chi connectivity index (χ0v) is 10.2. The predicted molar refractivity (Wildman–Crippen MR) is 68.3 cm³/mol. The van der Waals surface area contributed by atoms with Crippen molar-refractivity contribution in [1.29, 1.82) is 5.26 Å². The maximum atomic E-state index is 12.0. The summed E-state index contributed by atoms with van der Waals surface area (Å²) in [7, 11) is 0. The van der Waals surface area contributed by atoms with Crippen LogP contribution in [0, 0.1) is 17.2 Å². The van der Waals surface area contributed by atoms with E-state index in [4.69, 9.17) is 11.0 Å². The smallest absolute Gasteiger partial charge is 0.241 e. The molecule has 1 aromatic rings. The van der Waals surface area contributed by atoms with E-state index in [0.29, 0.717) is 0 Å². The number of rotatable bonds is 3. The Bertz CT molecular complexity index is 452. The molecule has 1 aliphatic rings. The van der Waals surface area contributed by atoms with Crippen LogP contribution in [-0.4, -0.2) is 11.9 Å². The van der Waals surface area contributed by atoms with Crippen LogP contribution in [0.2, 0.25) is 0 Å². The lowest BCUT2D eigenvalue weighted by molar-refractivity contribution is -0.123. The number of nitrogens with two attached hydrogens (primary N) is 1. The molecular weight excluding hydrogens is 226 g/mol. The van der Waals surface area contributed by atoms with Gasteiger partial charge in [-0.05, 0) is 24.8 Å². The second-order valence-electron chi connectivity index (χ2n) is 4.67. The van der Waals surface area contributed by atoms with Crippen molar-refractivity contribution in [2.24, 2.45) is 11.7 Å². The highest BCUT2D eigenvalue weighted by atomic mass is 16.2. The molecule has 1 aromatic carbocycles. The summed E-state index contributed by atoms with van der Waals surface area (Å²) in [6.45, 7) is 0. The topological polar surface area (TPSA) is 78.9 Å². The van der Waals surface area contributed by atoms with Crippen molar-refractivity contribution in [2.75, 3.05) is 0 Å². The summed E-state index contributed by atoms with van der Waals surface area (Å²) in [4.78, 5) is 12.0. The molecule has 94 valence electrons. The van der Waals surface area contributed by atoms with E-state index in [0.717, 1.165) is 24.8 Å². The minimum Gasteiger partial charge on any atom is -0.350 e. The molecule has 2 rings (SSSR count). The number of nitrogens with one attached hydrogen (secondary N) is 1. The average molecular weight is 243 g/mol. The predicted octanol–water partition coefficient (Wildman–Crippen LogP) is 1.49. The van der Waals surface area contributed by atoms with E-state index >= 15 is 0 Å². The van der Waals surface area contributed by atoms with Crippen LogP contribution < -0.4 is 11.1 Å². The van der Waals surface area contributed by atoms with Gasteiger partial charge >= 0.3 is 0 Å². The molecule has 3 atom stereocenters. The Labute approximate surface area is 107 Å². The first-order valence-corrected chi connectivity index (χ1v) is 6.23. The summed E-state index contributed by atoms with van der Waals surface area (Å²) < 4.78 is 0. The van der Waals surface area contributed by atoms with Gasteiger partial charge in [0.05, 0.1) is 12.0 Å². The van der Waals surface area contributed by atoms with E-state index in [-0.39, 0.29) is 17.9 Å². The first-order valence-electron chi connectivity index (χ1n) is 6.23. The summed E-state index contributed by atoms with van der Waals surface area (Å²) in [5.74, 6) is -0.273. The van der Waals surface area contributed by atoms with Gasteiger partial charge in [0.1, 0.15) is 6.04 Å². The van der Waals surface area contributed by atoms with E-state index < -0.39 is 6.04 Å². The van der Waals surface area contributed by atoms with E-state index in [1.165, 1.54) is 0 Å². The monoisotopic (exact) mass is 243 g/mol. The molecule has 18 heavy (non-hydrogen) atoms. The molecule has 0 bridgehead atoms. The Balaban J connectivity index is 1.98. The fourth-order valence-corrected chi connectivity index (χ4v) is 2.37. The van der Waals surface area contributed by atoms with E-state index in [1.807, 2.05) is 30.3 Å². The van der Waals surface area contributed by atoms with Crippen molar-refractivity contribution in [3.8, 4) is 6.07 Å². The standard InChI is InChI=1S/C14H17N3O/c15-9-11-7-4-8-12(11)17-14(18)13(16)10-5-2-1-3-6-10/h1-3,5-6,11-13H,4,7-8,16H2,(H,17,18). The van der Waals surface area contributed by atoms with Crippen LogP contribution in [0.3, 0.4) is 0 Å². The number of hydrogen-bond donors (Lipinski definition) is 2. The van der Waals surface area contributed by atoms with Gasteiger partial charge in [-0.3, -0.25) is 4.79 Å². The largest absolute Gasteiger partial charge is 0.350 e. The molecule has 3 N–H and O–H groups in total. The zero-order valence-electron chi connectivity index (χ0n) is 10.2. The van der Waals surface area contributed by atoms with Crippen molar-refractivity contribution in [3.63, 3.8) is 0 Å². The third-order valence-corrected chi connectivity index (χ3v) is 3.45. The average Bonchev–Trinajstić information content (AvgIpc) is 2.86. The molecule has 0 aliphatic heterocycles. The number of amides is 1. The minimum atomic E-state index is -0.661. The summed E-state index contributed by atoms with van der Waals surface area (Å²) in [5, 5.41) is 11.9. The molecule has 1 aliphatic carbocycles. The molecule has 0 heterocycles. The van der Waals surface area contributed by atoms with Gasteiger partial charge in [-0.1, -0.05) is 30.3 Å². The highest BCUT2D eigenvalue weighted by Crippen LogP contribution is 2.25. The molecule has 3 unspecified atom stereocenters. The fraction of sp³-hybridized carbons (Fsp3) is 0.429. The van der Waals surface area contributed by atoms with Gasteiger partial charge in [0.25, 0.3) is 0 Å².